The molecule has 0 spiro atoms. The normalized spacial score (nSPS) is 24.1. The number of rotatable bonds is 8. The first-order chi connectivity index (χ1) is 9.49. The first-order valence-corrected chi connectivity index (χ1v) is 8.28. The van der Waals surface area contributed by atoms with E-state index in [9.17, 15) is 4.79 Å². The summed E-state index contributed by atoms with van der Waals surface area (Å²) in [6, 6.07) is 0.716. The van der Waals surface area contributed by atoms with Crippen LogP contribution in [-0.4, -0.2) is 42.0 Å². The van der Waals surface area contributed by atoms with E-state index in [2.05, 4.69) is 17.1 Å². The van der Waals surface area contributed by atoms with Gasteiger partial charge >= 0.3 is 0 Å². The number of primary amides is 1. The van der Waals surface area contributed by atoms with Crippen molar-refractivity contribution in [1.29, 1.82) is 0 Å². The molecule has 0 saturated carbocycles. The van der Waals surface area contributed by atoms with Crippen molar-refractivity contribution in [2.75, 3.05) is 19.6 Å². The van der Waals surface area contributed by atoms with Crippen LogP contribution in [0, 0.1) is 0 Å². The molecule has 1 saturated heterocycles. The largest absolute Gasteiger partial charge is 0.368 e. The molecule has 0 aromatic heterocycles. The highest BCUT2D eigenvalue weighted by Gasteiger charge is 2.29. The van der Waals surface area contributed by atoms with Crippen molar-refractivity contribution in [2.24, 2.45) is 5.73 Å². The Balaban J connectivity index is 2.30. The fraction of sp³-hybridized carbons (Fsp3) is 0.938. The van der Waals surface area contributed by atoms with Crippen molar-refractivity contribution in [3.63, 3.8) is 0 Å². The number of carbonyl (C=O) groups is 1. The number of likely N-dealkylation sites (tertiary alicyclic amines) is 1. The van der Waals surface area contributed by atoms with Crippen LogP contribution in [0.1, 0.15) is 65.7 Å². The number of amides is 1. The molecule has 0 radical (unpaired) electrons. The Morgan fingerprint density at radius 2 is 2.10 bits per heavy atom. The maximum Gasteiger partial charge on any atom is 0.237 e. The van der Waals surface area contributed by atoms with Crippen LogP contribution in [0.25, 0.3) is 0 Å². The van der Waals surface area contributed by atoms with Crippen molar-refractivity contribution in [2.45, 2.75) is 77.3 Å². The van der Waals surface area contributed by atoms with E-state index in [0.29, 0.717) is 6.04 Å². The quantitative estimate of drug-likeness (QED) is 0.672. The lowest BCUT2D eigenvalue weighted by Gasteiger charge is -2.29. The lowest BCUT2D eigenvalue weighted by molar-refractivity contribution is -0.124. The molecule has 0 bridgehead atoms. The van der Waals surface area contributed by atoms with E-state index < -0.39 is 5.54 Å². The number of hydrogen-bond acceptors (Lipinski definition) is 3. The highest BCUT2D eigenvalue weighted by atomic mass is 16.1. The third kappa shape index (κ3) is 5.41. The minimum Gasteiger partial charge on any atom is -0.368 e. The van der Waals surface area contributed by atoms with Crippen LogP contribution >= 0.6 is 0 Å². The van der Waals surface area contributed by atoms with E-state index in [1.165, 1.54) is 32.2 Å². The average Bonchev–Trinajstić information content (AvgIpc) is 2.60. The summed E-state index contributed by atoms with van der Waals surface area (Å²) in [5, 5.41) is 3.23. The van der Waals surface area contributed by atoms with Crippen LogP contribution in [0.3, 0.4) is 0 Å². The van der Waals surface area contributed by atoms with Gasteiger partial charge in [-0.3, -0.25) is 4.79 Å². The Labute approximate surface area is 124 Å². The van der Waals surface area contributed by atoms with Gasteiger partial charge in [0.1, 0.15) is 0 Å². The van der Waals surface area contributed by atoms with Crippen LogP contribution in [-0.2, 0) is 4.79 Å². The number of carbonyl (C=O) groups excluding carboxylic acids is 1. The van der Waals surface area contributed by atoms with Gasteiger partial charge in [0.2, 0.25) is 5.91 Å². The van der Waals surface area contributed by atoms with Crippen molar-refractivity contribution in [1.82, 2.24) is 10.2 Å². The molecule has 0 aliphatic carbocycles. The summed E-state index contributed by atoms with van der Waals surface area (Å²) in [5.74, 6) is -0.234. The number of hydrogen-bond donors (Lipinski definition) is 2. The zero-order valence-electron chi connectivity index (χ0n) is 13.6. The molecule has 4 nitrogen and oxygen atoms in total. The number of likely N-dealkylation sites (N-methyl/N-ethyl adjacent to an activating group) is 1. The van der Waals surface area contributed by atoms with E-state index in [-0.39, 0.29) is 5.91 Å². The van der Waals surface area contributed by atoms with E-state index in [0.717, 1.165) is 32.4 Å². The number of nitrogens with two attached hydrogens (primary N) is 1. The smallest absolute Gasteiger partial charge is 0.237 e. The summed E-state index contributed by atoms with van der Waals surface area (Å²) >= 11 is 0. The lowest BCUT2D eigenvalue weighted by atomic mass is 9.94. The maximum atomic E-state index is 11.6. The van der Waals surface area contributed by atoms with E-state index in [1.54, 1.807) is 0 Å². The molecule has 1 fully saturated rings. The maximum absolute atomic E-state index is 11.6. The van der Waals surface area contributed by atoms with Crippen LogP contribution in [0.15, 0.2) is 0 Å². The van der Waals surface area contributed by atoms with Gasteiger partial charge in [-0.1, -0.05) is 19.8 Å². The molecule has 3 N–H and O–H groups in total. The topological polar surface area (TPSA) is 58.4 Å². The summed E-state index contributed by atoms with van der Waals surface area (Å²) in [6.45, 7) is 9.46. The molecule has 1 amide bonds. The SMILES string of the molecule is CCNC(C)(CCCCN1CCCCCC1C)C(N)=O. The molecule has 0 aromatic carbocycles. The molecule has 1 heterocycles. The Kier molecular flexibility index (Phi) is 7.52. The fourth-order valence-corrected chi connectivity index (χ4v) is 3.15. The summed E-state index contributed by atoms with van der Waals surface area (Å²) in [6.07, 6.45) is 8.45. The first kappa shape index (κ1) is 17.4. The van der Waals surface area contributed by atoms with Crippen LogP contribution < -0.4 is 11.1 Å². The molecule has 4 heteroatoms. The van der Waals surface area contributed by atoms with Gasteiger partial charge < -0.3 is 16.0 Å². The standard InChI is InChI=1S/C16H33N3O/c1-4-18-16(3,15(17)20)11-7-9-13-19-12-8-5-6-10-14(19)2/h14,18H,4-13H2,1-3H3,(H2,17,20). The number of unbranched alkanes of at least 4 members (excludes halogenated alkanes) is 1. The van der Waals surface area contributed by atoms with Gasteiger partial charge in [-0.05, 0) is 65.6 Å². The molecule has 1 aliphatic heterocycles. The highest BCUT2D eigenvalue weighted by Crippen LogP contribution is 2.18. The minimum absolute atomic E-state index is 0.234. The lowest BCUT2D eigenvalue weighted by Crippen LogP contribution is -2.53. The van der Waals surface area contributed by atoms with E-state index >= 15 is 0 Å². The summed E-state index contributed by atoms with van der Waals surface area (Å²) in [5.41, 5.74) is 4.97. The molecular weight excluding hydrogens is 250 g/mol. The average molecular weight is 283 g/mol. The van der Waals surface area contributed by atoms with Crippen molar-refractivity contribution < 1.29 is 4.79 Å². The van der Waals surface area contributed by atoms with Crippen LogP contribution in [0.5, 0.6) is 0 Å². The Bertz CT molecular complexity index is 295. The summed E-state index contributed by atoms with van der Waals surface area (Å²) < 4.78 is 0. The van der Waals surface area contributed by atoms with E-state index in [1.807, 2.05) is 13.8 Å². The summed E-state index contributed by atoms with van der Waals surface area (Å²) in [4.78, 5) is 14.2. The molecule has 2 unspecified atom stereocenters. The predicted octanol–water partition coefficient (Wildman–Crippen LogP) is 2.27. The van der Waals surface area contributed by atoms with Gasteiger partial charge in [-0.25, -0.2) is 0 Å². The first-order valence-electron chi connectivity index (χ1n) is 8.28. The zero-order chi connectivity index (χ0) is 15.0. The minimum atomic E-state index is -0.543. The van der Waals surface area contributed by atoms with Gasteiger partial charge in [-0.2, -0.15) is 0 Å². The third-order valence-corrected chi connectivity index (χ3v) is 4.67. The fourth-order valence-electron chi connectivity index (χ4n) is 3.15. The second-order valence-corrected chi connectivity index (χ2v) is 6.42. The second-order valence-electron chi connectivity index (χ2n) is 6.42. The summed E-state index contributed by atoms with van der Waals surface area (Å²) in [7, 11) is 0. The Morgan fingerprint density at radius 3 is 2.75 bits per heavy atom. The van der Waals surface area contributed by atoms with Gasteiger partial charge in [0.05, 0.1) is 5.54 Å². The Morgan fingerprint density at radius 1 is 1.35 bits per heavy atom. The van der Waals surface area contributed by atoms with Crippen molar-refractivity contribution in [3.8, 4) is 0 Å². The van der Waals surface area contributed by atoms with Crippen molar-refractivity contribution in [3.05, 3.63) is 0 Å². The number of nitrogens with one attached hydrogen (secondary N) is 1. The molecule has 1 rings (SSSR count). The van der Waals surface area contributed by atoms with Crippen LogP contribution in [0.2, 0.25) is 0 Å². The second kappa shape index (κ2) is 8.63. The van der Waals surface area contributed by atoms with Crippen molar-refractivity contribution >= 4 is 5.91 Å². The molecule has 1 aliphatic rings. The molecule has 0 aromatic rings. The highest BCUT2D eigenvalue weighted by molar-refractivity contribution is 5.84. The molecule has 2 atom stereocenters. The molecule has 118 valence electrons. The van der Waals surface area contributed by atoms with Gasteiger partial charge in [0.25, 0.3) is 0 Å². The molecular formula is C16H33N3O. The van der Waals surface area contributed by atoms with Gasteiger partial charge in [0, 0.05) is 6.04 Å². The predicted molar refractivity (Wildman–Crippen MR) is 84.6 cm³/mol. The van der Waals surface area contributed by atoms with Crippen LogP contribution in [0.4, 0.5) is 0 Å². The third-order valence-electron chi connectivity index (χ3n) is 4.67. The zero-order valence-corrected chi connectivity index (χ0v) is 13.6. The van der Waals surface area contributed by atoms with Gasteiger partial charge in [-0.15, -0.1) is 0 Å². The monoisotopic (exact) mass is 283 g/mol. The molecule has 20 heavy (non-hydrogen) atoms. The number of nitrogens with zero attached hydrogens (tertiary/aromatic N) is 1. The van der Waals surface area contributed by atoms with E-state index in [4.69, 9.17) is 5.73 Å². The van der Waals surface area contributed by atoms with Gasteiger partial charge in [0.15, 0.2) is 0 Å². The Hall–Kier alpha value is -0.610.